The van der Waals surface area contributed by atoms with Gasteiger partial charge in [0.1, 0.15) is 5.82 Å². The fourth-order valence-corrected chi connectivity index (χ4v) is 4.57. The van der Waals surface area contributed by atoms with Crippen LogP contribution in [0.2, 0.25) is 0 Å². The lowest BCUT2D eigenvalue weighted by Crippen LogP contribution is -2.30. The van der Waals surface area contributed by atoms with Gasteiger partial charge in [0.25, 0.3) is 0 Å². The maximum atomic E-state index is 5.00. The molecule has 2 aliphatic heterocycles. The van der Waals surface area contributed by atoms with Crippen LogP contribution in [-0.4, -0.2) is 48.2 Å². The highest BCUT2D eigenvalue weighted by atomic mass is 15.3. The molecule has 3 aromatic rings. The lowest BCUT2D eigenvalue weighted by Gasteiger charge is -2.23. The summed E-state index contributed by atoms with van der Waals surface area (Å²) in [5, 5.41) is 7.29. The number of nitrogens with one attached hydrogen (secondary N) is 2. The van der Waals surface area contributed by atoms with Crippen molar-refractivity contribution in [2.24, 2.45) is 0 Å². The number of benzene rings is 2. The van der Waals surface area contributed by atoms with Gasteiger partial charge in [-0.3, -0.25) is 0 Å². The normalized spacial score (nSPS) is 20.8. The van der Waals surface area contributed by atoms with Gasteiger partial charge in [-0.25, -0.2) is 4.98 Å². The van der Waals surface area contributed by atoms with E-state index >= 15 is 0 Å². The number of hydrogen-bond donors (Lipinski definition) is 2. The molecule has 2 fully saturated rings. The summed E-state index contributed by atoms with van der Waals surface area (Å²) in [5.74, 6) is 1.92. The molecule has 5 rings (SSSR count). The summed E-state index contributed by atoms with van der Waals surface area (Å²) in [4.78, 5) is 14.4. The van der Waals surface area contributed by atoms with Crippen molar-refractivity contribution in [3.05, 3.63) is 72.4 Å². The van der Waals surface area contributed by atoms with E-state index in [0.717, 1.165) is 56.4 Å². The zero-order chi connectivity index (χ0) is 21.0. The summed E-state index contributed by atoms with van der Waals surface area (Å²) in [6.07, 6.45) is 4.18. The van der Waals surface area contributed by atoms with Gasteiger partial charge in [-0.2, -0.15) is 4.98 Å². The first kappa shape index (κ1) is 19.7. The van der Waals surface area contributed by atoms with Gasteiger partial charge >= 0.3 is 0 Å². The first-order valence-electron chi connectivity index (χ1n) is 11.2. The van der Waals surface area contributed by atoms with E-state index in [1.54, 1.807) is 0 Å². The Morgan fingerprint density at radius 3 is 1.94 bits per heavy atom. The van der Waals surface area contributed by atoms with Crippen molar-refractivity contribution < 1.29 is 0 Å². The third-order valence-corrected chi connectivity index (χ3v) is 6.18. The molecule has 0 amide bonds. The lowest BCUT2D eigenvalue weighted by molar-refractivity contribution is 0.800. The van der Waals surface area contributed by atoms with Crippen molar-refractivity contribution in [3.63, 3.8) is 0 Å². The highest BCUT2D eigenvalue weighted by molar-refractivity contribution is 5.53. The van der Waals surface area contributed by atoms with Crippen LogP contribution in [0.5, 0.6) is 0 Å². The summed E-state index contributed by atoms with van der Waals surface area (Å²) >= 11 is 0. The molecule has 6 nitrogen and oxygen atoms in total. The van der Waals surface area contributed by atoms with Crippen LogP contribution in [0.1, 0.15) is 18.4 Å². The fourth-order valence-electron chi connectivity index (χ4n) is 4.57. The van der Waals surface area contributed by atoms with E-state index in [4.69, 9.17) is 4.98 Å². The summed E-state index contributed by atoms with van der Waals surface area (Å²) in [7, 11) is 0. The van der Waals surface area contributed by atoms with E-state index in [-0.39, 0.29) is 0 Å². The van der Waals surface area contributed by atoms with Gasteiger partial charge in [-0.1, -0.05) is 36.4 Å². The molecule has 2 atom stereocenters. The molecule has 0 saturated carbocycles. The quantitative estimate of drug-likeness (QED) is 0.632. The van der Waals surface area contributed by atoms with E-state index < -0.39 is 0 Å². The van der Waals surface area contributed by atoms with Gasteiger partial charge in [0.05, 0.1) is 0 Å². The molecule has 0 aliphatic carbocycles. The number of rotatable bonds is 6. The minimum Gasteiger partial charge on any atom is -0.380 e. The number of anilines is 4. The summed E-state index contributed by atoms with van der Waals surface area (Å²) in [6.45, 7) is 5.99. The Hall–Kier alpha value is -3.28. The Balaban J connectivity index is 1.23. The molecule has 160 valence electrons. The highest BCUT2D eigenvalue weighted by Gasteiger charge is 2.28. The zero-order valence-electron chi connectivity index (χ0n) is 18.0. The maximum absolute atomic E-state index is 5.00. The van der Waals surface area contributed by atoms with E-state index in [2.05, 4.69) is 86.9 Å². The van der Waals surface area contributed by atoms with Gasteiger partial charge < -0.3 is 20.4 Å². The van der Waals surface area contributed by atoms with Crippen molar-refractivity contribution in [2.45, 2.75) is 31.8 Å². The van der Waals surface area contributed by atoms with Crippen LogP contribution in [0, 0.1) is 6.92 Å². The number of para-hydroxylation sites is 2. The van der Waals surface area contributed by atoms with Crippen LogP contribution < -0.4 is 20.4 Å². The second-order valence-electron chi connectivity index (χ2n) is 8.56. The topological polar surface area (TPSA) is 56.3 Å². The molecule has 31 heavy (non-hydrogen) atoms. The lowest BCUT2D eigenvalue weighted by atomic mass is 10.2. The summed E-state index contributed by atoms with van der Waals surface area (Å²) < 4.78 is 0. The molecule has 2 saturated heterocycles. The van der Waals surface area contributed by atoms with Crippen molar-refractivity contribution >= 4 is 23.1 Å². The Morgan fingerprint density at radius 1 is 0.774 bits per heavy atom. The third-order valence-electron chi connectivity index (χ3n) is 6.18. The molecule has 0 radical (unpaired) electrons. The molecular formula is C25H30N6. The minimum atomic E-state index is 0.419. The Morgan fingerprint density at radius 2 is 1.32 bits per heavy atom. The Bertz CT molecular complexity index is 993. The number of aryl methyl sites for hydroxylation is 1. The molecule has 2 aromatic carbocycles. The molecule has 0 bridgehead atoms. The SMILES string of the molecule is Cc1cnc(N2CCC(Nc3ccccc3)C2)nc1N1CCC(Nc2ccccc2)C1. The molecule has 6 heteroatoms. The molecule has 2 N–H and O–H groups in total. The van der Waals surface area contributed by atoms with Gasteiger partial charge in [0.2, 0.25) is 5.95 Å². The molecule has 3 heterocycles. The van der Waals surface area contributed by atoms with E-state index in [1.165, 1.54) is 11.4 Å². The minimum absolute atomic E-state index is 0.419. The van der Waals surface area contributed by atoms with Crippen LogP contribution >= 0.6 is 0 Å². The van der Waals surface area contributed by atoms with Crippen molar-refractivity contribution in [1.82, 2.24) is 9.97 Å². The zero-order valence-corrected chi connectivity index (χ0v) is 18.0. The van der Waals surface area contributed by atoms with Crippen molar-refractivity contribution in [2.75, 3.05) is 46.6 Å². The first-order chi connectivity index (χ1) is 15.2. The molecule has 0 spiro atoms. The fraction of sp³-hybridized carbons (Fsp3) is 0.360. The second kappa shape index (κ2) is 8.84. The molecule has 1 aromatic heterocycles. The van der Waals surface area contributed by atoms with Crippen LogP contribution in [0.3, 0.4) is 0 Å². The summed E-state index contributed by atoms with van der Waals surface area (Å²) in [6, 6.07) is 21.7. The number of nitrogens with zero attached hydrogens (tertiary/aromatic N) is 4. The van der Waals surface area contributed by atoms with Gasteiger partial charge in [-0.15, -0.1) is 0 Å². The van der Waals surface area contributed by atoms with Gasteiger partial charge in [-0.05, 0) is 44.0 Å². The highest BCUT2D eigenvalue weighted by Crippen LogP contribution is 2.27. The van der Waals surface area contributed by atoms with Crippen molar-refractivity contribution in [1.29, 1.82) is 0 Å². The van der Waals surface area contributed by atoms with E-state index in [0.29, 0.717) is 12.1 Å². The van der Waals surface area contributed by atoms with Gasteiger partial charge in [0, 0.05) is 61.4 Å². The third kappa shape index (κ3) is 4.58. The van der Waals surface area contributed by atoms with Gasteiger partial charge in [0.15, 0.2) is 0 Å². The van der Waals surface area contributed by atoms with E-state index in [9.17, 15) is 0 Å². The predicted molar refractivity (Wildman–Crippen MR) is 128 cm³/mol. The Kier molecular flexibility index (Phi) is 5.61. The van der Waals surface area contributed by atoms with Crippen LogP contribution in [0.4, 0.5) is 23.1 Å². The van der Waals surface area contributed by atoms with E-state index in [1.807, 2.05) is 12.3 Å². The first-order valence-corrected chi connectivity index (χ1v) is 11.2. The molecule has 2 aliphatic rings. The monoisotopic (exact) mass is 414 g/mol. The van der Waals surface area contributed by atoms with Crippen LogP contribution in [0.15, 0.2) is 66.9 Å². The van der Waals surface area contributed by atoms with Crippen molar-refractivity contribution in [3.8, 4) is 0 Å². The molecule has 2 unspecified atom stereocenters. The summed E-state index contributed by atoms with van der Waals surface area (Å²) in [5.41, 5.74) is 3.50. The standard InChI is InChI=1S/C25H30N6/c1-19-16-26-25(31-15-13-23(18-31)28-21-10-6-3-7-11-21)29-24(19)30-14-12-22(17-30)27-20-8-4-2-5-9-20/h2-11,16,22-23,27-28H,12-15,17-18H2,1H3. The number of hydrogen-bond acceptors (Lipinski definition) is 6. The smallest absolute Gasteiger partial charge is 0.227 e. The number of aromatic nitrogens is 2. The second-order valence-corrected chi connectivity index (χ2v) is 8.56. The predicted octanol–water partition coefficient (Wildman–Crippen LogP) is 4.17. The van der Waals surface area contributed by atoms with Crippen LogP contribution in [0.25, 0.3) is 0 Å². The van der Waals surface area contributed by atoms with Crippen LogP contribution in [-0.2, 0) is 0 Å². The molecular weight excluding hydrogens is 384 g/mol. The largest absolute Gasteiger partial charge is 0.380 e. The average molecular weight is 415 g/mol. The average Bonchev–Trinajstić information content (AvgIpc) is 3.45. The Labute approximate surface area is 184 Å². The maximum Gasteiger partial charge on any atom is 0.227 e.